The van der Waals surface area contributed by atoms with Gasteiger partial charge in [0.2, 0.25) is 5.91 Å². The number of nitrogens with zero attached hydrogens (tertiary/aromatic N) is 3. The molecule has 3 aromatic rings. The quantitative estimate of drug-likeness (QED) is 0.501. The third-order valence-electron chi connectivity index (χ3n) is 3.78. The molecule has 146 valence electrons. The molecule has 0 aliphatic rings. The molecule has 10 heteroatoms. The van der Waals surface area contributed by atoms with Gasteiger partial charge < -0.3 is 9.88 Å². The number of carbonyl (C=O) groups is 1. The van der Waals surface area contributed by atoms with Crippen molar-refractivity contribution in [3.05, 3.63) is 59.9 Å². The van der Waals surface area contributed by atoms with Gasteiger partial charge in [0.25, 0.3) is 0 Å². The van der Waals surface area contributed by atoms with Crippen LogP contribution in [0.25, 0.3) is 11.4 Å². The molecule has 0 saturated heterocycles. The number of thioether (sulfide) groups is 1. The Kier molecular flexibility index (Phi) is 5.68. The summed E-state index contributed by atoms with van der Waals surface area (Å²) in [6, 6.07) is 10.3. The molecule has 0 radical (unpaired) electrons. The van der Waals surface area contributed by atoms with Crippen molar-refractivity contribution >= 4 is 23.4 Å². The number of benzene rings is 2. The van der Waals surface area contributed by atoms with Gasteiger partial charge in [0.1, 0.15) is 5.82 Å². The SMILES string of the molecule is Cn1c(SCC(=O)Nc2ccc(C(F)(F)F)cc2)nnc1-c1ccccc1F. The lowest BCUT2D eigenvalue weighted by Crippen LogP contribution is -2.14. The summed E-state index contributed by atoms with van der Waals surface area (Å²) in [6.45, 7) is 0. The summed E-state index contributed by atoms with van der Waals surface area (Å²) in [7, 11) is 1.65. The highest BCUT2D eigenvalue weighted by molar-refractivity contribution is 7.99. The van der Waals surface area contributed by atoms with Crippen molar-refractivity contribution in [2.75, 3.05) is 11.1 Å². The maximum Gasteiger partial charge on any atom is 0.416 e. The van der Waals surface area contributed by atoms with Gasteiger partial charge in [0, 0.05) is 12.7 Å². The molecule has 1 N–H and O–H groups in total. The summed E-state index contributed by atoms with van der Waals surface area (Å²) in [6.07, 6.45) is -4.43. The molecule has 1 heterocycles. The molecule has 28 heavy (non-hydrogen) atoms. The lowest BCUT2D eigenvalue weighted by Gasteiger charge is -2.09. The highest BCUT2D eigenvalue weighted by atomic mass is 32.2. The molecule has 0 spiro atoms. The molecule has 0 aliphatic heterocycles. The highest BCUT2D eigenvalue weighted by Gasteiger charge is 2.30. The van der Waals surface area contributed by atoms with Crippen LogP contribution in [0, 0.1) is 5.82 Å². The Labute approximate surface area is 161 Å². The van der Waals surface area contributed by atoms with Crippen molar-refractivity contribution in [1.82, 2.24) is 14.8 Å². The van der Waals surface area contributed by atoms with E-state index < -0.39 is 23.5 Å². The summed E-state index contributed by atoms with van der Waals surface area (Å²) in [4.78, 5) is 12.0. The Morgan fingerprint density at radius 2 is 1.79 bits per heavy atom. The number of hydrogen-bond donors (Lipinski definition) is 1. The predicted octanol–water partition coefficient (Wildman–Crippen LogP) is 4.37. The molecule has 0 atom stereocenters. The van der Waals surface area contributed by atoms with Gasteiger partial charge in [-0.3, -0.25) is 4.79 Å². The predicted molar refractivity (Wildman–Crippen MR) is 97.2 cm³/mol. The molecule has 0 unspecified atom stereocenters. The Morgan fingerprint density at radius 1 is 1.11 bits per heavy atom. The Morgan fingerprint density at radius 3 is 2.43 bits per heavy atom. The average Bonchev–Trinajstić information content (AvgIpc) is 3.00. The van der Waals surface area contributed by atoms with Crippen LogP contribution in [0.3, 0.4) is 0 Å². The normalized spacial score (nSPS) is 11.5. The largest absolute Gasteiger partial charge is 0.416 e. The zero-order valence-corrected chi connectivity index (χ0v) is 15.3. The van der Waals surface area contributed by atoms with Crippen LogP contribution in [0.15, 0.2) is 53.7 Å². The summed E-state index contributed by atoms with van der Waals surface area (Å²) >= 11 is 1.08. The first-order chi connectivity index (χ1) is 13.3. The van der Waals surface area contributed by atoms with E-state index in [1.807, 2.05) is 0 Å². The monoisotopic (exact) mass is 410 g/mol. The van der Waals surface area contributed by atoms with Crippen LogP contribution in [0.2, 0.25) is 0 Å². The van der Waals surface area contributed by atoms with Gasteiger partial charge in [-0.05, 0) is 36.4 Å². The third kappa shape index (κ3) is 4.50. The van der Waals surface area contributed by atoms with Gasteiger partial charge in [-0.1, -0.05) is 23.9 Å². The van der Waals surface area contributed by atoms with Crippen molar-refractivity contribution in [3.8, 4) is 11.4 Å². The molecule has 3 rings (SSSR count). The number of hydrogen-bond acceptors (Lipinski definition) is 4. The molecular formula is C18H14F4N4OS. The summed E-state index contributed by atoms with van der Waals surface area (Å²) in [5, 5.41) is 10.8. The minimum atomic E-state index is -4.43. The number of nitrogens with one attached hydrogen (secondary N) is 1. The number of aromatic nitrogens is 3. The zero-order valence-electron chi connectivity index (χ0n) is 14.5. The lowest BCUT2D eigenvalue weighted by molar-refractivity contribution is -0.137. The van der Waals surface area contributed by atoms with Crippen LogP contribution < -0.4 is 5.32 Å². The fourth-order valence-electron chi connectivity index (χ4n) is 2.39. The fourth-order valence-corrected chi connectivity index (χ4v) is 3.10. The molecule has 0 aliphatic carbocycles. The second kappa shape index (κ2) is 8.01. The third-order valence-corrected chi connectivity index (χ3v) is 4.80. The maximum atomic E-state index is 13.9. The number of alkyl halides is 3. The van der Waals surface area contributed by atoms with Gasteiger partial charge in [-0.15, -0.1) is 10.2 Å². The summed E-state index contributed by atoms with van der Waals surface area (Å²) in [5.74, 6) is -0.567. The molecule has 5 nitrogen and oxygen atoms in total. The van der Waals surface area contributed by atoms with Crippen LogP contribution in [-0.4, -0.2) is 26.4 Å². The van der Waals surface area contributed by atoms with E-state index in [1.165, 1.54) is 18.2 Å². The van der Waals surface area contributed by atoms with Crippen LogP contribution in [0.5, 0.6) is 0 Å². The Hall–Kier alpha value is -2.88. The summed E-state index contributed by atoms with van der Waals surface area (Å²) < 4.78 is 53.1. The molecule has 0 fully saturated rings. The number of anilines is 1. The zero-order chi connectivity index (χ0) is 20.3. The van der Waals surface area contributed by atoms with Gasteiger partial charge in [-0.25, -0.2) is 4.39 Å². The van der Waals surface area contributed by atoms with Crippen molar-refractivity contribution < 1.29 is 22.4 Å². The van der Waals surface area contributed by atoms with E-state index in [0.29, 0.717) is 16.5 Å². The summed E-state index contributed by atoms with van der Waals surface area (Å²) in [5.41, 5.74) is -0.248. The van der Waals surface area contributed by atoms with Crippen LogP contribution in [0.4, 0.5) is 23.2 Å². The van der Waals surface area contributed by atoms with E-state index in [4.69, 9.17) is 0 Å². The number of halogens is 4. The average molecular weight is 410 g/mol. The van der Waals surface area contributed by atoms with Crippen molar-refractivity contribution in [3.63, 3.8) is 0 Å². The van der Waals surface area contributed by atoms with Crippen molar-refractivity contribution in [2.24, 2.45) is 7.05 Å². The molecule has 1 amide bonds. The standard InChI is InChI=1S/C18H14F4N4OS/c1-26-16(13-4-2-3-5-14(13)19)24-25-17(26)28-10-15(27)23-12-8-6-11(7-9-12)18(20,21)22/h2-9H,10H2,1H3,(H,23,27). The minimum absolute atomic E-state index is 0.0374. The van der Waals surface area contributed by atoms with Crippen molar-refractivity contribution in [1.29, 1.82) is 0 Å². The fraction of sp³-hybridized carbons (Fsp3) is 0.167. The molecule has 0 saturated carbocycles. The van der Waals surface area contributed by atoms with Gasteiger partial charge >= 0.3 is 6.18 Å². The van der Waals surface area contributed by atoms with E-state index in [0.717, 1.165) is 23.9 Å². The first-order valence-corrected chi connectivity index (χ1v) is 8.98. The van der Waals surface area contributed by atoms with Gasteiger partial charge in [0.15, 0.2) is 11.0 Å². The minimum Gasteiger partial charge on any atom is -0.325 e. The molecule has 1 aromatic heterocycles. The first-order valence-electron chi connectivity index (χ1n) is 8.00. The van der Waals surface area contributed by atoms with E-state index >= 15 is 0 Å². The Bertz CT molecular complexity index is 986. The highest BCUT2D eigenvalue weighted by Crippen LogP contribution is 2.30. The second-order valence-electron chi connectivity index (χ2n) is 5.76. The van der Waals surface area contributed by atoms with E-state index in [-0.39, 0.29) is 11.4 Å². The second-order valence-corrected chi connectivity index (χ2v) is 6.70. The Balaban J connectivity index is 1.62. The van der Waals surface area contributed by atoms with Gasteiger partial charge in [0.05, 0.1) is 16.9 Å². The molecule has 0 bridgehead atoms. The number of amides is 1. The molecule has 2 aromatic carbocycles. The van der Waals surface area contributed by atoms with Crippen molar-refractivity contribution in [2.45, 2.75) is 11.3 Å². The van der Waals surface area contributed by atoms with E-state index in [1.54, 1.807) is 29.8 Å². The maximum absolute atomic E-state index is 13.9. The lowest BCUT2D eigenvalue weighted by atomic mass is 10.2. The first kappa shape index (κ1) is 19.9. The van der Waals surface area contributed by atoms with E-state index in [2.05, 4.69) is 15.5 Å². The smallest absolute Gasteiger partial charge is 0.325 e. The van der Waals surface area contributed by atoms with Gasteiger partial charge in [-0.2, -0.15) is 13.2 Å². The van der Waals surface area contributed by atoms with Crippen LogP contribution >= 0.6 is 11.8 Å². The number of rotatable bonds is 5. The molecular weight excluding hydrogens is 396 g/mol. The van der Waals surface area contributed by atoms with E-state index in [9.17, 15) is 22.4 Å². The number of carbonyl (C=O) groups excluding carboxylic acids is 1. The van der Waals surface area contributed by atoms with Crippen LogP contribution in [0.1, 0.15) is 5.56 Å². The van der Waals surface area contributed by atoms with Crippen LogP contribution in [-0.2, 0) is 18.0 Å². The topological polar surface area (TPSA) is 59.8 Å².